The van der Waals surface area contributed by atoms with Gasteiger partial charge in [0.05, 0.1) is 29.5 Å². The van der Waals surface area contributed by atoms with E-state index < -0.39 is 0 Å². The van der Waals surface area contributed by atoms with Crippen LogP contribution < -0.4 is 9.64 Å². The smallest absolute Gasteiger partial charge is 0.229 e. The molecule has 0 spiro atoms. The molecule has 0 aliphatic carbocycles. The number of carbonyl (C=O) groups is 1. The summed E-state index contributed by atoms with van der Waals surface area (Å²) in [5, 5.41) is 1.25. The molecule has 1 saturated heterocycles. The van der Waals surface area contributed by atoms with Crippen LogP contribution >= 0.6 is 34.7 Å². The van der Waals surface area contributed by atoms with Crippen LogP contribution in [0.15, 0.2) is 47.4 Å². The summed E-state index contributed by atoms with van der Waals surface area (Å²) in [6.07, 6.45) is 2.45. The predicted octanol–water partition coefficient (Wildman–Crippen LogP) is 5.65. The minimum Gasteiger partial charge on any atom is -0.494 e. The molecule has 3 aromatic rings. The largest absolute Gasteiger partial charge is 0.494 e. The van der Waals surface area contributed by atoms with E-state index in [2.05, 4.69) is 12.1 Å². The summed E-state index contributed by atoms with van der Waals surface area (Å²) in [5.41, 5.74) is 0.689. The summed E-state index contributed by atoms with van der Waals surface area (Å²) in [5.74, 6) is 1.41. The number of fused-ring (bicyclic) bond motifs is 1. The molecule has 0 saturated carbocycles. The molecule has 158 valence electrons. The average Bonchev–Trinajstić information content (AvgIpc) is 3.43. The number of aromatic nitrogens is 1. The zero-order chi connectivity index (χ0) is 20.9. The van der Waals surface area contributed by atoms with Crippen LogP contribution in [0.3, 0.4) is 0 Å². The van der Waals surface area contributed by atoms with Crippen LogP contribution in [-0.4, -0.2) is 43.0 Å². The van der Waals surface area contributed by atoms with E-state index in [-0.39, 0.29) is 12.0 Å². The Bertz CT molecular complexity index is 1010. The molecule has 2 aromatic carbocycles. The van der Waals surface area contributed by atoms with Crippen molar-refractivity contribution in [3.05, 3.63) is 47.5 Å². The highest BCUT2D eigenvalue weighted by molar-refractivity contribution is 7.99. The summed E-state index contributed by atoms with van der Waals surface area (Å²) in [7, 11) is 1.61. The number of thioether (sulfide) groups is 1. The van der Waals surface area contributed by atoms with Crippen molar-refractivity contribution < 1.29 is 14.3 Å². The Morgan fingerprint density at radius 3 is 2.90 bits per heavy atom. The fourth-order valence-electron chi connectivity index (χ4n) is 3.41. The molecule has 1 fully saturated rings. The Balaban J connectivity index is 1.55. The van der Waals surface area contributed by atoms with Crippen LogP contribution in [0.5, 0.6) is 5.75 Å². The van der Waals surface area contributed by atoms with Gasteiger partial charge in [-0.1, -0.05) is 41.1 Å². The van der Waals surface area contributed by atoms with Gasteiger partial charge in [0.1, 0.15) is 11.3 Å². The van der Waals surface area contributed by atoms with E-state index >= 15 is 0 Å². The van der Waals surface area contributed by atoms with Crippen molar-refractivity contribution in [1.29, 1.82) is 0 Å². The Morgan fingerprint density at radius 1 is 1.33 bits per heavy atom. The van der Waals surface area contributed by atoms with Gasteiger partial charge in [0.15, 0.2) is 5.13 Å². The Hall–Kier alpha value is -1.80. The molecule has 0 N–H and O–H groups in total. The SMILES string of the molecule is COc1ccc(Cl)c2sc(N(CC3CCCO3)C(=O)CCSc3ccccc3)nc12. The van der Waals surface area contributed by atoms with Crippen molar-refractivity contribution in [3.8, 4) is 5.75 Å². The molecular weight excluding hydrogens is 440 g/mol. The molecule has 1 aliphatic heterocycles. The van der Waals surface area contributed by atoms with E-state index in [4.69, 9.17) is 26.1 Å². The van der Waals surface area contributed by atoms with Gasteiger partial charge in [0.25, 0.3) is 0 Å². The van der Waals surface area contributed by atoms with Gasteiger partial charge in [-0.3, -0.25) is 9.69 Å². The first-order valence-electron chi connectivity index (χ1n) is 9.88. The number of nitrogens with zero attached hydrogens (tertiary/aromatic N) is 2. The van der Waals surface area contributed by atoms with Gasteiger partial charge in [0.2, 0.25) is 5.91 Å². The molecular formula is C22H23ClN2O3S2. The van der Waals surface area contributed by atoms with Crippen LogP contribution in [0.4, 0.5) is 5.13 Å². The summed E-state index contributed by atoms with van der Waals surface area (Å²) in [6, 6.07) is 13.7. The van der Waals surface area contributed by atoms with Crippen molar-refractivity contribution in [2.45, 2.75) is 30.3 Å². The van der Waals surface area contributed by atoms with Crippen LogP contribution in [0.2, 0.25) is 5.02 Å². The molecule has 4 rings (SSSR count). The highest BCUT2D eigenvalue weighted by atomic mass is 35.5. The van der Waals surface area contributed by atoms with Gasteiger partial charge in [-0.2, -0.15) is 0 Å². The van der Waals surface area contributed by atoms with E-state index in [0.717, 1.165) is 29.0 Å². The molecule has 8 heteroatoms. The third kappa shape index (κ3) is 4.91. The number of benzene rings is 2. The number of halogens is 1. The van der Waals surface area contributed by atoms with E-state index in [1.165, 1.54) is 11.3 Å². The molecule has 2 heterocycles. The lowest BCUT2D eigenvalue weighted by Gasteiger charge is -2.23. The number of amides is 1. The Morgan fingerprint density at radius 2 is 2.17 bits per heavy atom. The molecule has 1 atom stereocenters. The third-order valence-corrected chi connectivity index (χ3v) is 7.49. The number of ether oxygens (including phenoxy) is 2. The van der Waals surface area contributed by atoms with Crippen molar-refractivity contribution in [3.63, 3.8) is 0 Å². The highest BCUT2D eigenvalue weighted by Crippen LogP contribution is 2.39. The molecule has 1 aliphatic rings. The van der Waals surface area contributed by atoms with Crippen LogP contribution in [0.25, 0.3) is 10.2 Å². The zero-order valence-electron chi connectivity index (χ0n) is 16.7. The van der Waals surface area contributed by atoms with Gasteiger partial charge in [-0.25, -0.2) is 4.98 Å². The second kappa shape index (κ2) is 10.0. The number of rotatable bonds is 8. The van der Waals surface area contributed by atoms with Crippen molar-refractivity contribution in [1.82, 2.24) is 4.98 Å². The fraction of sp³-hybridized carbons (Fsp3) is 0.364. The first-order chi connectivity index (χ1) is 14.7. The maximum absolute atomic E-state index is 13.2. The van der Waals surface area contributed by atoms with E-state index in [1.54, 1.807) is 35.9 Å². The monoisotopic (exact) mass is 462 g/mol. The summed E-state index contributed by atoms with van der Waals surface area (Å²) < 4.78 is 12.1. The lowest BCUT2D eigenvalue weighted by atomic mass is 10.2. The number of methoxy groups -OCH3 is 1. The van der Waals surface area contributed by atoms with Crippen molar-refractivity contribution in [2.24, 2.45) is 0 Å². The zero-order valence-corrected chi connectivity index (χ0v) is 19.1. The highest BCUT2D eigenvalue weighted by Gasteiger charge is 2.27. The first kappa shape index (κ1) is 21.4. The van der Waals surface area contributed by atoms with Crippen molar-refractivity contribution in [2.75, 3.05) is 30.9 Å². The predicted molar refractivity (Wildman–Crippen MR) is 124 cm³/mol. The molecule has 1 unspecified atom stereocenters. The molecule has 0 radical (unpaired) electrons. The van der Waals surface area contributed by atoms with E-state index in [0.29, 0.717) is 40.1 Å². The molecule has 30 heavy (non-hydrogen) atoms. The minimum atomic E-state index is 0.0418. The van der Waals surface area contributed by atoms with Gasteiger partial charge < -0.3 is 9.47 Å². The number of hydrogen-bond acceptors (Lipinski definition) is 6. The fourth-order valence-corrected chi connectivity index (χ4v) is 5.55. The number of carbonyl (C=O) groups excluding carboxylic acids is 1. The Kier molecular flexibility index (Phi) is 7.15. The normalized spacial score (nSPS) is 16.1. The minimum absolute atomic E-state index is 0.0418. The first-order valence-corrected chi connectivity index (χ1v) is 12.1. The molecule has 0 bridgehead atoms. The summed E-state index contributed by atoms with van der Waals surface area (Å²) in [4.78, 5) is 20.8. The van der Waals surface area contributed by atoms with Gasteiger partial charge in [0, 0.05) is 23.7 Å². The second-order valence-electron chi connectivity index (χ2n) is 6.97. The lowest BCUT2D eigenvalue weighted by molar-refractivity contribution is -0.118. The van der Waals surface area contributed by atoms with E-state index in [1.807, 2.05) is 18.2 Å². The molecule has 1 amide bonds. The third-order valence-electron chi connectivity index (χ3n) is 4.94. The Labute approximate surface area is 189 Å². The maximum Gasteiger partial charge on any atom is 0.229 e. The number of anilines is 1. The standard InChI is InChI=1S/C22H23ClN2O3S2/c1-27-18-10-9-17(23)21-20(18)24-22(30-21)25(14-15-6-5-12-28-15)19(26)11-13-29-16-7-3-2-4-8-16/h2-4,7-10,15H,5-6,11-14H2,1H3. The van der Waals surface area contributed by atoms with Crippen LogP contribution in [-0.2, 0) is 9.53 Å². The van der Waals surface area contributed by atoms with Gasteiger partial charge >= 0.3 is 0 Å². The lowest BCUT2D eigenvalue weighted by Crippen LogP contribution is -2.37. The summed E-state index contributed by atoms with van der Waals surface area (Å²) in [6.45, 7) is 1.25. The van der Waals surface area contributed by atoms with Crippen LogP contribution in [0, 0.1) is 0 Å². The number of thiazole rings is 1. The quantitative estimate of drug-likeness (QED) is 0.405. The summed E-state index contributed by atoms with van der Waals surface area (Å²) >= 11 is 9.49. The molecule has 5 nitrogen and oxygen atoms in total. The second-order valence-corrected chi connectivity index (χ2v) is 9.53. The van der Waals surface area contributed by atoms with Crippen LogP contribution in [0.1, 0.15) is 19.3 Å². The van der Waals surface area contributed by atoms with Gasteiger partial charge in [-0.15, -0.1) is 11.8 Å². The van der Waals surface area contributed by atoms with Gasteiger partial charge in [-0.05, 0) is 37.1 Å². The topological polar surface area (TPSA) is 51.7 Å². The number of hydrogen-bond donors (Lipinski definition) is 0. The maximum atomic E-state index is 13.2. The average molecular weight is 463 g/mol. The van der Waals surface area contributed by atoms with E-state index in [9.17, 15) is 4.79 Å². The molecule has 1 aromatic heterocycles. The van der Waals surface area contributed by atoms with Crippen molar-refractivity contribution >= 4 is 56.0 Å².